The lowest BCUT2D eigenvalue weighted by molar-refractivity contribution is -0.191. The number of hydrogen-bond acceptors (Lipinski definition) is 8. The van der Waals surface area contributed by atoms with E-state index in [0.29, 0.717) is 0 Å². The number of rotatable bonds is 11. The fourth-order valence-electron chi connectivity index (χ4n) is 2.26. The van der Waals surface area contributed by atoms with Gasteiger partial charge in [0, 0.05) is 27.9 Å². The number of nitrogens with two attached hydrogens (primary N) is 1. The summed E-state index contributed by atoms with van der Waals surface area (Å²) in [5, 5.41) is 0. The molecule has 2 unspecified atom stereocenters. The normalized spacial score (nSPS) is 16.7. The van der Waals surface area contributed by atoms with Crippen molar-refractivity contribution < 1.29 is 38.1 Å². The molecule has 0 saturated heterocycles. The summed E-state index contributed by atoms with van der Waals surface area (Å²) in [6.45, 7) is 7.33. The maximum atomic E-state index is 11.7. The molecule has 0 radical (unpaired) electrons. The Morgan fingerprint density at radius 1 is 0.889 bits per heavy atom. The van der Waals surface area contributed by atoms with Crippen molar-refractivity contribution in [2.75, 3.05) is 7.11 Å². The third-order valence-electron chi connectivity index (χ3n) is 3.66. The highest BCUT2D eigenvalue weighted by atomic mass is 16.6. The third kappa shape index (κ3) is 9.18. The van der Waals surface area contributed by atoms with Crippen molar-refractivity contribution in [3.8, 4) is 0 Å². The minimum Gasteiger partial charge on any atom is -0.455 e. The summed E-state index contributed by atoms with van der Waals surface area (Å²) in [7, 11) is 1.19. The largest absolute Gasteiger partial charge is 0.455 e. The Labute approximate surface area is 159 Å². The molecule has 27 heavy (non-hydrogen) atoms. The second kappa shape index (κ2) is 12.1. The molecular weight excluding hydrogens is 358 g/mol. The molecular formula is C18H29NO8. The van der Waals surface area contributed by atoms with E-state index in [1.54, 1.807) is 6.08 Å². The molecule has 2 N–H and O–H groups in total. The van der Waals surface area contributed by atoms with Gasteiger partial charge in [-0.15, -0.1) is 0 Å². The molecule has 0 aromatic heterocycles. The van der Waals surface area contributed by atoms with Crippen molar-refractivity contribution in [1.82, 2.24) is 0 Å². The van der Waals surface area contributed by atoms with E-state index in [1.807, 2.05) is 13.8 Å². The van der Waals surface area contributed by atoms with Crippen LogP contribution in [0, 0.1) is 5.92 Å². The Morgan fingerprint density at radius 3 is 1.74 bits per heavy atom. The summed E-state index contributed by atoms with van der Waals surface area (Å²) in [5.74, 6) is -2.94. The summed E-state index contributed by atoms with van der Waals surface area (Å²) < 4.78 is 20.7. The van der Waals surface area contributed by atoms with Gasteiger partial charge in [0.05, 0.1) is 0 Å². The van der Waals surface area contributed by atoms with Crippen molar-refractivity contribution in [3.63, 3.8) is 0 Å². The van der Waals surface area contributed by atoms with Crippen LogP contribution in [-0.2, 0) is 38.1 Å². The maximum Gasteiger partial charge on any atom is 0.303 e. The molecule has 0 aliphatic heterocycles. The smallest absolute Gasteiger partial charge is 0.303 e. The third-order valence-corrected chi connectivity index (χ3v) is 3.66. The van der Waals surface area contributed by atoms with Gasteiger partial charge < -0.3 is 24.7 Å². The summed E-state index contributed by atoms with van der Waals surface area (Å²) in [6, 6.07) is 0. The number of carbonyl (C=O) groups is 4. The van der Waals surface area contributed by atoms with E-state index >= 15 is 0 Å². The minimum absolute atomic E-state index is 0.141. The van der Waals surface area contributed by atoms with Crippen LogP contribution in [0.5, 0.6) is 0 Å². The van der Waals surface area contributed by atoms with Gasteiger partial charge in [-0.25, -0.2) is 0 Å². The van der Waals surface area contributed by atoms with Crippen LogP contribution in [0.3, 0.4) is 0 Å². The zero-order valence-corrected chi connectivity index (χ0v) is 16.6. The van der Waals surface area contributed by atoms with E-state index in [0.717, 1.165) is 20.3 Å². The van der Waals surface area contributed by atoms with Crippen LogP contribution in [0.25, 0.3) is 0 Å². The second-order valence-corrected chi connectivity index (χ2v) is 6.05. The lowest BCUT2D eigenvalue weighted by Crippen LogP contribution is -2.54. The van der Waals surface area contributed by atoms with E-state index in [1.165, 1.54) is 20.1 Å². The van der Waals surface area contributed by atoms with E-state index in [2.05, 4.69) is 0 Å². The topological polar surface area (TPSA) is 131 Å². The molecule has 0 saturated carbocycles. The lowest BCUT2D eigenvalue weighted by Gasteiger charge is -2.33. The van der Waals surface area contributed by atoms with Crippen molar-refractivity contribution >= 4 is 23.8 Å². The van der Waals surface area contributed by atoms with Crippen LogP contribution in [0.1, 0.15) is 41.0 Å². The summed E-state index contributed by atoms with van der Waals surface area (Å²) in [6.07, 6.45) is -1.20. The molecule has 0 fully saturated rings. The van der Waals surface area contributed by atoms with Gasteiger partial charge in [0.15, 0.2) is 24.4 Å². The average Bonchev–Trinajstić information content (AvgIpc) is 2.54. The molecule has 0 aromatic carbocycles. The van der Waals surface area contributed by atoms with E-state index in [-0.39, 0.29) is 5.92 Å². The number of esters is 3. The zero-order valence-electron chi connectivity index (χ0n) is 16.6. The Kier molecular flexibility index (Phi) is 11.0. The van der Waals surface area contributed by atoms with Gasteiger partial charge in [-0.3, -0.25) is 19.2 Å². The van der Waals surface area contributed by atoms with Crippen LogP contribution < -0.4 is 5.73 Å². The van der Waals surface area contributed by atoms with Gasteiger partial charge >= 0.3 is 17.9 Å². The van der Waals surface area contributed by atoms with Gasteiger partial charge in [-0.1, -0.05) is 26.3 Å². The molecule has 0 spiro atoms. The number of hydrogen-bond donors (Lipinski definition) is 1. The first-order valence-electron chi connectivity index (χ1n) is 8.55. The molecule has 0 bridgehead atoms. The van der Waals surface area contributed by atoms with Crippen LogP contribution in [0.4, 0.5) is 0 Å². The predicted molar refractivity (Wildman–Crippen MR) is 95.2 cm³/mol. The number of amides is 1. The minimum atomic E-state index is -1.42. The SMILES string of the molecule is CCC(C)C=C[C@@H](OC(C)=O)[C@H](OC(C)=O)[C@@H](OC(C)=O)C(OC)C(N)=O. The molecule has 0 heterocycles. The molecule has 9 heteroatoms. The van der Waals surface area contributed by atoms with E-state index in [4.69, 9.17) is 24.7 Å². The fraction of sp³-hybridized carbons (Fsp3) is 0.667. The molecule has 0 rings (SSSR count). The quantitative estimate of drug-likeness (QED) is 0.314. The van der Waals surface area contributed by atoms with Crippen molar-refractivity contribution in [2.24, 2.45) is 11.7 Å². The zero-order chi connectivity index (χ0) is 21.1. The summed E-state index contributed by atoms with van der Waals surface area (Å²) in [5.41, 5.74) is 5.32. The summed E-state index contributed by atoms with van der Waals surface area (Å²) >= 11 is 0. The van der Waals surface area contributed by atoms with Crippen molar-refractivity contribution in [3.05, 3.63) is 12.2 Å². The van der Waals surface area contributed by atoms with Crippen LogP contribution >= 0.6 is 0 Å². The highest BCUT2D eigenvalue weighted by Crippen LogP contribution is 2.20. The molecule has 0 aromatic rings. The standard InChI is InChI=1S/C18H29NO8/c1-7-10(2)8-9-14(25-11(3)20)15(26-12(4)21)16(27-13(5)22)17(24-6)18(19)23/h8-10,14-17H,7H2,1-6H3,(H2,19,23)/t10?,14-,15+,16-,17?/m1/s1. The van der Waals surface area contributed by atoms with Crippen LogP contribution in [0.2, 0.25) is 0 Å². The molecule has 154 valence electrons. The van der Waals surface area contributed by atoms with E-state index in [9.17, 15) is 19.2 Å². The number of allylic oxidation sites excluding steroid dienone is 1. The van der Waals surface area contributed by atoms with Crippen molar-refractivity contribution in [1.29, 1.82) is 0 Å². The van der Waals surface area contributed by atoms with E-state index < -0.39 is 48.2 Å². The number of carbonyl (C=O) groups excluding carboxylic acids is 4. The highest BCUT2D eigenvalue weighted by Gasteiger charge is 2.43. The molecule has 5 atom stereocenters. The Hall–Kier alpha value is -2.42. The van der Waals surface area contributed by atoms with Gasteiger partial charge in [0.1, 0.15) is 0 Å². The first-order chi connectivity index (χ1) is 12.5. The average molecular weight is 387 g/mol. The molecule has 0 aliphatic carbocycles. The highest BCUT2D eigenvalue weighted by molar-refractivity contribution is 5.80. The fourth-order valence-corrected chi connectivity index (χ4v) is 2.26. The van der Waals surface area contributed by atoms with Crippen LogP contribution in [0.15, 0.2) is 12.2 Å². The number of ether oxygens (including phenoxy) is 4. The maximum absolute atomic E-state index is 11.7. The number of primary amides is 1. The first-order valence-corrected chi connectivity index (χ1v) is 8.55. The Balaban J connectivity index is 6.12. The van der Waals surface area contributed by atoms with Gasteiger partial charge in [-0.05, 0) is 12.0 Å². The number of methoxy groups -OCH3 is 1. The Bertz CT molecular complexity index is 560. The van der Waals surface area contributed by atoms with Crippen molar-refractivity contribution in [2.45, 2.75) is 65.5 Å². The van der Waals surface area contributed by atoms with Gasteiger partial charge in [0.2, 0.25) is 0 Å². The lowest BCUT2D eigenvalue weighted by atomic mass is 9.99. The van der Waals surface area contributed by atoms with Gasteiger partial charge in [-0.2, -0.15) is 0 Å². The predicted octanol–water partition coefficient (Wildman–Crippen LogP) is 0.884. The monoisotopic (exact) mass is 387 g/mol. The first kappa shape index (κ1) is 24.6. The molecule has 1 amide bonds. The second-order valence-electron chi connectivity index (χ2n) is 6.05. The summed E-state index contributed by atoms with van der Waals surface area (Å²) in [4.78, 5) is 46.5. The van der Waals surface area contributed by atoms with Gasteiger partial charge in [0.25, 0.3) is 5.91 Å². The molecule has 0 aliphatic rings. The Morgan fingerprint density at radius 2 is 1.37 bits per heavy atom. The van der Waals surface area contributed by atoms with Crippen LogP contribution in [-0.4, -0.2) is 55.3 Å². The molecule has 9 nitrogen and oxygen atoms in total.